The Hall–Kier alpha value is -2.71. The standard InChI is InChI=1S/C25H32N2O5S/c1-19(2)21-9-11-23(12-10-21)33(30,31)27-15-13-22(14-16-27)25(29)32-18-24(28)26(3)17-20-7-5-4-6-8-20/h4-12,19,22H,13-18H2,1-3H3. The lowest BCUT2D eigenvalue weighted by Gasteiger charge is -2.30. The second kappa shape index (κ2) is 10.9. The summed E-state index contributed by atoms with van der Waals surface area (Å²) in [4.78, 5) is 26.5. The minimum absolute atomic E-state index is 0.246. The topological polar surface area (TPSA) is 84.0 Å². The van der Waals surface area contributed by atoms with Crippen LogP contribution < -0.4 is 0 Å². The van der Waals surface area contributed by atoms with Crippen LogP contribution >= 0.6 is 0 Å². The molecule has 0 atom stereocenters. The normalized spacial score (nSPS) is 15.4. The van der Waals surface area contributed by atoms with E-state index in [1.165, 1.54) is 9.21 Å². The molecule has 1 fully saturated rings. The highest BCUT2D eigenvalue weighted by atomic mass is 32.2. The molecule has 2 aromatic rings. The van der Waals surface area contributed by atoms with Gasteiger partial charge in [0.1, 0.15) is 0 Å². The van der Waals surface area contributed by atoms with E-state index in [0.29, 0.717) is 25.3 Å². The van der Waals surface area contributed by atoms with E-state index in [9.17, 15) is 18.0 Å². The number of ether oxygens (including phenoxy) is 1. The molecule has 1 heterocycles. The van der Waals surface area contributed by atoms with Gasteiger partial charge in [-0.3, -0.25) is 9.59 Å². The van der Waals surface area contributed by atoms with E-state index in [4.69, 9.17) is 4.74 Å². The molecule has 0 bridgehead atoms. The van der Waals surface area contributed by atoms with Gasteiger partial charge in [-0.1, -0.05) is 56.3 Å². The summed E-state index contributed by atoms with van der Waals surface area (Å²) in [5.41, 5.74) is 2.08. The van der Waals surface area contributed by atoms with Crippen molar-refractivity contribution in [2.75, 3.05) is 26.7 Å². The van der Waals surface area contributed by atoms with Crippen LogP contribution in [-0.2, 0) is 30.9 Å². The maximum atomic E-state index is 12.9. The Balaban J connectivity index is 1.47. The van der Waals surface area contributed by atoms with Crippen LogP contribution in [0.2, 0.25) is 0 Å². The average Bonchev–Trinajstić information content (AvgIpc) is 2.83. The van der Waals surface area contributed by atoms with Crippen molar-refractivity contribution in [1.82, 2.24) is 9.21 Å². The minimum atomic E-state index is -3.60. The fraction of sp³-hybridized carbons (Fsp3) is 0.440. The van der Waals surface area contributed by atoms with E-state index in [0.717, 1.165) is 11.1 Å². The smallest absolute Gasteiger partial charge is 0.309 e. The SMILES string of the molecule is CC(C)c1ccc(S(=O)(=O)N2CCC(C(=O)OCC(=O)N(C)Cc3ccccc3)CC2)cc1. The number of carbonyl (C=O) groups excluding carboxylic acids is 2. The van der Waals surface area contributed by atoms with Crippen molar-refractivity contribution in [3.8, 4) is 0 Å². The summed E-state index contributed by atoms with van der Waals surface area (Å²) < 4.78 is 32.6. The monoisotopic (exact) mass is 472 g/mol. The molecule has 0 N–H and O–H groups in total. The highest BCUT2D eigenvalue weighted by Crippen LogP contribution is 2.26. The Morgan fingerprint density at radius 2 is 1.64 bits per heavy atom. The third-order valence-corrected chi connectivity index (χ3v) is 7.91. The molecule has 7 nitrogen and oxygen atoms in total. The molecule has 178 valence electrons. The molecule has 8 heteroatoms. The van der Waals surface area contributed by atoms with Crippen LogP contribution in [0.5, 0.6) is 0 Å². The van der Waals surface area contributed by atoms with E-state index in [2.05, 4.69) is 13.8 Å². The Morgan fingerprint density at radius 1 is 1.03 bits per heavy atom. The van der Waals surface area contributed by atoms with Crippen LogP contribution in [0.3, 0.4) is 0 Å². The van der Waals surface area contributed by atoms with E-state index >= 15 is 0 Å². The highest BCUT2D eigenvalue weighted by molar-refractivity contribution is 7.89. The Labute approximate surface area is 196 Å². The number of rotatable bonds is 8. The Kier molecular flexibility index (Phi) is 8.26. The van der Waals surface area contributed by atoms with Gasteiger partial charge in [-0.15, -0.1) is 0 Å². The molecular weight excluding hydrogens is 440 g/mol. The predicted molar refractivity (Wildman–Crippen MR) is 126 cm³/mol. The van der Waals surface area contributed by atoms with Crippen molar-refractivity contribution >= 4 is 21.9 Å². The average molecular weight is 473 g/mol. The first kappa shape index (κ1) is 24.9. The van der Waals surface area contributed by atoms with Gasteiger partial charge in [0.15, 0.2) is 6.61 Å². The van der Waals surface area contributed by atoms with Gasteiger partial charge < -0.3 is 9.64 Å². The van der Waals surface area contributed by atoms with E-state index < -0.39 is 21.9 Å². The van der Waals surface area contributed by atoms with Gasteiger partial charge in [-0.25, -0.2) is 8.42 Å². The predicted octanol–water partition coefficient (Wildman–Crippen LogP) is 3.41. The number of amides is 1. The van der Waals surface area contributed by atoms with Crippen molar-refractivity contribution < 1.29 is 22.7 Å². The Bertz CT molecular complexity index is 1040. The van der Waals surface area contributed by atoms with E-state index in [1.807, 2.05) is 42.5 Å². The second-order valence-electron chi connectivity index (χ2n) is 8.75. The quantitative estimate of drug-likeness (QED) is 0.550. The van der Waals surface area contributed by atoms with Crippen molar-refractivity contribution in [2.45, 2.75) is 44.0 Å². The molecule has 0 radical (unpaired) electrons. The third kappa shape index (κ3) is 6.42. The highest BCUT2D eigenvalue weighted by Gasteiger charge is 2.33. The number of hydrogen-bond acceptors (Lipinski definition) is 5. The fourth-order valence-electron chi connectivity index (χ4n) is 3.81. The van der Waals surface area contributed by atoms with Gasteiger partial charge in [-0.2, -0.15) is 4.31 Å². The van der Waals surface area contributed by atoms with Gasteiger partial charge >= 0.3 is 5.97 Å². The van der Waals surface area contributed by atoms with Crippen LogP contribution in [0.4, 0.5) is 0 Å². The van der Waals surface area contributed by atoms with Gasteiger partial charge in [0.25, 0.3) is 5.91 Å². The molecule has 3 rings (SSSR count). The summed E-state index contributed by atoms with van der Waals surface area (Å²) in [6.45, 7) is 4.73. The van der Waals surface area contributed by atoms with Gasteiger partial charge in [0.2, 0.25) is 10.0 Å². The van der Waals surface area contributed by atoms with Gasteiger partial charge in [0.05, 0.1) is 10.8 Å². The van der Waals surface area contributed by atoms with Crippen molar-refractivity contribution in [3.63, 3.8) is 0 Å². The molecule has 0 aliphatic carbocycles. The number of likely N-dealkylation sites (N-methyl/N-ethyl adjacent to an activating group) is 1. The maximum absolute atomic E-state index is 12.9. The molecule has 1 aliphatic rings. The second-order valence-corrected chi connectivity index (χ2v) is 10.7. The van der Waals surface area contributed by atoms with Crippen LogP contribution in [0, 0.1) is 5.92 Å². The lowest BCUT2D eigenvalue weighted by Crippen LogP contribution is -2.41. The first-order valence-electron chi connectivity index (χ1n) is 11.2. The summed E-state index contributed by atoms with van der Waals surface area (Å²) in [6, 6.07) is 16.5. The molecule has 0 saturated carbocycles. The molecule has 33 heavy (non-hydrogen) atoms. The zero-order valence-electron chi connectivity index (χ0n) is 19.4. The summed E-state index contributed by atoms with van der Waals surface area (Å²) in [5.74, 6) is -0.813. The largest absolute Gasteiger partial charge is 0.455 e. The molecule has 1 aliphatic heterocycles. The van der Waals surface area contributed by atoms with E-state index in [-0.39, 0.29) is 30.5 Å². The minimum Gasteiger partial charge on any atom is -0.455 e. The maximum Gasteiger partial charge on any atom is 0.309 e. The van der Waals surface area contributed by atoms with Crippen LogP contribution in [0.15, 0.2) is 59.5 Å². The lowest BCUT2D eigenvalue weighted by atomic mass is 9.98. The molecule has 0 spiro atoms. The van der Waals surface area contributed by atoms with Crippen molar-refractivity contribution in [1.29, 1.82) is 0 Å². The summed E-state index contributed by atoms with van der Waals surface area (Å²) in [7, 11) is -1.93. The molecule has 1 amide bonds. The van der Waals surface area contributed by atoms with Crippen molar-refractivity contribution in [2.24, 2.45) is 5.92 Å². The molecule has 2 aromatic carbocycles. The van der Waals surface area contributed by atoms with Crippen molar-refractivity contribution in [3.05, 3.63) is 65.7 Å². The number of benzene rings is 2. The number of nitrogens with zero attached hydrogens (tertiary/aromatic N) is 2. The zero-order chi connectivity index (χ0) is 24.0. The van der Waals surface area contributed by atoms with Gasteiger partial charge in [-0.05, 0) is 42.0 Å². The first-order valence-corrected chi connectivity index (χ1v) is 12.7. The molecular formula is C25H32N2O5S. The Morgan fingerprint density at radius 3 is 2.21 bits per heavy atom. The molecule has 1 saturated heterocycles. The number of sulfonamides is 1. The summed E-state index contributed by atoms with van der Waals surface area (Å²) in [5, 5.41) is 0. The number of hydrogen-bond donors (Lipinski definition) is 0. The van der Waals surface area contributed by atoms with Gasteiger partial charge in [0, 0.05) is 26.7 Å². The van der Waals surface area contributed by atoms with Crippen LogP contribution in [0.25, 0.3) is 0 Å². The number of piperidine rings is 1. The van der Waals surface area contributed by atoms with Crippen LogP contribution in [0.1, 0.15) is 43.7 Å². The number of esters is 1. The zero-order valence-corrected chi connectivity index (χ0v) is 20.3. The van der Waals surface area contributed by atoms with Crippen LogP contribution in [-0.4, -0.2) is 56.2 Å². The molecule has 0 aromatic heterocycles. The number of carbonyl (C=O) groups is 2. The first-order chi connectivity index (χ1) is 15.7. The third-order valence-electron chi connectivity index (χ3n) is 6.00. The fourth-order valence-corrected chi connectivity index (χ4v) is 5.28. The molecule has 0 unspecified atom stereocenters. The summed E-state index contributed by atoms with van der Waals surface area (Å²) >= 11 is 0. The van der Waals surface area contributed by atoms with E-state index in [1.54, 1.807) is 19.2 Å². The lowest BCUT2D eigenvalue weighted by molar-refractivity contribution is -0.156. The summed E-state index contributed by atoms with van der Waals surface area (Å²) in [6.07, 6.45) is 0.742.